The molecule has 3 aromatic rings. The lowest BCUT2D eigenvalue weighted by molar-refractivity contribution is 0.313. The van der Waals surface area contributed by atoms with E-state index in [0.717, 1.165) is 43.3 Å². The number of piperazine rings is 1. The molecule has 0 bridgehead atoms. The van der Waals surface area contributed by atoms with Gasteiger partial charge >= 0.3 is 0 Å². The highest BCUT2D eigenvalue weighted by Crippen LogP contribution is 2.25. The van der Waals surface area contributed by atoms with Gasteiger partial charge in [0.1, 0.15) is 17.6 Å². The van der Waals surface area contributed by atoms with Crippen LogP contribution in [0.5, 0.6) is 5.75 Å². The molecule has 2 aromatic carbocycles. The molecule has 0 N–H and O–H groups in total. The minimum atomic E-state index is 0.495. The van der Waals surface area contributed by atoms with Crippen LogP contribution in [0.4, 0.5) is 5.69 Å². The van der Waals surface area contributed by atoms with E-state index in [0.29, 0.717) is 17.7 Å². The van der Waals surface area contributed by atoms with Gasteiger partial charge in [0, 0.05) is 50.0 Å². The number of nitrogens with zero attached hydrogens (tertiary/aromatic N) is 5. The number of methoxy groups -OCH3 is 1. The molecular formula is C24H25N5O. The molecular weight excluding hydrogens is 374 g/mol. The molecule has 0 unspecified atom stereocenters. The van der Waals surface area contributed by atoms with E-state index < -0.39 is 0 Å². The van der Waals surface area contributed by atoms with Gasteiger partial charge in [0.2, 0.25) is 0 Å². The Morgan fingerprint density at radius 3 is 2.50 bits per heavy atom. The minimum absolute atomic E-state index is 0.495. The molecule has 0 atom stereocenters. The number of nitriles is 1. The van der Waals surface area contributed by atoms with Crippen LogP contribution in [0.2, 0.25) is 0 Å². The average molecular weight is 399 g/mol. The van der Waals surface area contributed by atoms with Crippen LogP contribution in [0.15, 0.2) is 54.7 Å². The van der Waals surface area contributed by atoms with Gasteiger partial charge in [-0.05, 0) is 49.0 Å². The Kier molecular flexibility index (Phi) is 5.92. The van der Waals surface area contributed by atoms with E-state index >= 15 is 0 Å². The lowest BCUT2D eigenvalue weighted by Crippen LogP contribution is -2.44. The molecule has 0 spiro atoms. The number of likely N-dealkylation sites (N-methyl/N-ethyl adjacent to an activating group) is 1. The maximum atomic E-state index is 9.33. The first-order chi connectivity index (χ1) is 14.7. The summed E-state index contributed by atoms with van der Waals surface area (Å²) in [5.74, 6) is 1.32. The second-order valence-corrected chi connectivity index (χ2v) is 7.52. The smallest absolute Gasteiger partial charge is 0.136 e. The zero-order valence-corrected chi connectivity index (χ0v) is 17.4. The molecule has 1 saturated heterocycles. The van der Waals surface area contributed by atoms with Gasteiger partial charge in [0.25, 0.3) is 0 Å². The number of benzene rings is 2. The third-order valence-corrected chi connectivity index (χ3v) is 5.49. The number of aromatic nitrogens is 2. The molecule has 0 radical (unpaired) electrons. The summed E-state index contributed by atoms with van der Waals surface area (Å²) in [6, 6.07) is 18.2. The largest absolute Gasteiger partial charge is 0.495 e. The maximum absolute atomic E-state index is 9.33. The molecule has 4 rings (SSSR count). The summed E-state index contributed by atoms with van der Waals surface area (Å²) in [5, 5.41) is 9.33. The Morgan fingerprint density at radius 2 is 1.80 bits per heavy atom. The van der Waals surface area contributed by atoms with Gasteiger partial charge in [-0.15, -0.1) is 0 Å². The third kappa shape index (κ3) is 4.42. The van der Waals surface area contributed by atoms with Crippen LogP contribution < -0.4 is 9.64 Å². The van der Waals surface area contributed by atoms with Crippen molar-refractivity contribution in [2.45, 2.75) is 6.42 Å². The first kappa shape index (κ1) is 19.9. The van der Waals surface area contributed by atoms with Crippen LogP contribution in [0.1, 0.15) is 17.0 Å². The summed E-state index contributed by atoms with van der Waals surface area (Å²) in [6.45, 7) is 4.32. The Bertz CT molecular complexity index is 1050. The van der Waals surface area contributed by atoms with Crippen LogP contribution in [-0.4, -0.2) is 55.2 Å². The van der Waals surface area contributed by atoms with Crippen LogP contribution in [0.3, 0.4) is 0 Å². The molecule has 1 fully saturated rings. The van der Waals surface area contributed by atoms with Crippen molar-refractivity contribution in [3.63, 3.8) is 0 Å². The van der Waals surface area contributed by atoms with Gasteiger partial charge in [-0.3, -0.25) is 0 Å². The minimum Gasteiger partial charge on any atom is -0.495 e. The van der Waals surface area contributed by atoms with E-state index in [4.69, 9.17) is 9.72 Å². The monoisotopic (exact) mass is 399 g/mol. The average Bonchev–Trinajstić information content (AvgIpc) is 2.80. The predicted octanol–water partition coefficient (Wildman–Crippen LogP) is 3.37. The van der Waals surface area contributed by atoms with E-state index in [1.165, 1.54) is 11.3 Å². The molecule has 6 heteroatoms. The van der Waals surface area contributed by atoms with Crippen molar-refractivity contribution in [3.8, 4) is 23.1 Å². The van der Waals surface area contributed by atoms with Crippen molar-refractivity contribution in [2.75, 3.05) is 45.2 Å². The quantitative estimate of drug-likeness (QED) is 0.655. The fourth-order valence-corrected chi connectivity index (χ4v) is 3.67. The van der Waals surface area contributed by atoms with Gasteiger partial charge in [-0.1, -0.05) is 12.1 Å². The van der Waals surface area contributed by atoms with Gasteiger partial charge in [0.05, 0.1) is 18.4 Å². The van der Waals surface area contributed by atoms with Crippen LogP contribution in [0, 0.1) is 11.3 Å². The molecule has 0 amide bonds. The molecule has 1 aliphatic rings. The van der Waals surface area contributed by atoms with Gasteiger partial charge < -0.3 is 14.5 Å². The van der Waals surface area contributed by atoms with E-state index in [1.54, 1.807) is 25.4 Å². The first-order valence-electron chi connectivity index (χ1n) is 10.1. The second kappa shape index (κ2) is 8.93. The second-order valence-electron chi connectivity index (χ2n) is 7.52. The fraction of sp³-hybridized carbons (Fsp3) is 0.292. The lowest BCUT2D eigenvalue weighted by Gasteiger charge is -2.34. The van der Waals surface area contributed by atoms with Crippen molar-refractivity contribution in [3.05, 3.63) is 71.7 Å². The highest BCUT2D eigenvalue weighted by Gasteiger charge is 2.14. The topological polar surface area (TPSA) is 65.3 Å². The summed E-state index contributed by atoms with van der Waals surface area (Å²) in [5.41, 5.74) is 4.62. The number of anilines is 1. The summed E-state index contributed by atoms with van der Waals surface area (Å²) in [7, 11) is 3.73. The third-order valence-electron chi connectivity index (χ3n) is 5.49. The first-order valence-corrected chi connectivity index (χ1v) is 10.1. The van der Waals surface area contributed by atoms with E-state index in [9.17, 15) is 5.26 Å². The van der Waals surface area contributed by atoms with E-state index in [2.05, 4.69) is 52.2 Å². The molecule has 1 aliphatic heterocycles. The molecule has 2 heterocycles. The molecule has 0 saturated carbocycles. The summed E-state index contributed by atoms with van der Waals surface area (Å²) in [6.07, 6.45) is 2.44. The lowest BCUT2D eigenvalue weighted by atomic mass is 10.1. The van der Waals surface area contributed by atoms with Crippen LogP contribution in [-0.2, 0) is 6.42 Å². The normalized spacial score (nSPS) is 14.4. The number of ether oxygens (including phenoxy) is 1. The Hall–Kier alpha value is -3.43. The van der Waals surface area contributed by atoms with Crippen molar-refractivity contribution in [1.82, 2.24) is 14.9 Å². The number of rotatable bonds is 5. The predicted molar refractivity (Wildman–Crippen MR) is 118 cm³/mol. The van der Waals surface area contributed by atoms with Gasteiger partial charge in [-0.2, -0.15) is 5.26 Å². The SMILES string of the molecule is COc1ccc(-c2ccnc(Cc3ccc(N4CCN(C)CC4)cc3)n2)cc1C#N. The van der Waals surface area contributed by atoms with Crippen LogP contribution in [0.25, 0.3) is 11.3 Å². The molecule has 6 nitrogen and oxygen atoms in total. The number of hydrogen-bond donors (Lipinski definition) is 0. The highest BCUT2D eigenvalue weighted by atomic mass is 16.5. The molecule has 152 valence electrons. The van der Waals surface area contributed by atoms with Gasteiger partial charge in [0.15, 0.2) is 0 Å². The molecule has 0 aliphatic carbocycles. The Morgan fingerprint density at radius 1 is 1.03 bits per heavy atom. The molecule has 1 aromatic heterocycles. The van der Waals surface area contributed by atoms with Crippen molar-refractivity contribution < 1.29 is 4.74 Å². The highest BCUT2D eigenvalue weighted by molar-refractivity contribution is 5.64. The van der Waals surface area contributed by atoms with Gasteiger partial charge in [-0.25, -0.2) is 9.97 Å². The van der Waals surface area contributed by atoms with Crippen molar-refractivity contribution >= 4 is 5.69 Å². The zero-order valence-electron chi connectivity index (χ0n) is 17.4. The Balaban J connectivity index is 1.49. The fourth-order valence-electron chi connectivity index (χ4n) is 3.67. The Labute approximate surface area is 177 Å². The van der Waals surface area contributed by atoms with Crippen molar-refractivity contribution in [1.29, 1.82) is 5.26 Å². The summed E-state index contributed by atoms with van der Waals surface area (Å²) >= 11 is 0. The number of hydrogen-bond acceptors (Lipinski definition) is 6. The van der Waals surface area contributed by atoms with Crippen LogP contribution >= 0.6 is 0 Å². The zero-order chi connectivity index (χ0) is 20.9. The standard InChI is InChI=1S/C24H25N5O/c1-28-11-13-29(14-12-28)21-6-3-18(4-7-21)15-24-26-10-9-22(27-24)19-5-8-23(30-2)20(16-19)17-25/h3-10,16H,11-15H2,1-2H3. The summed E-state index contributed by atoms with van der Waals surface area (Å²) < 4.78 is 5.23. The molecule has 30 heavy (non-hydrogen) atoms. The summed E-state index contributed by atoms with van der Waals surface area (Å²) in [4.78, 5) is 13.9. The van der Waals surface area contributed by atoms with Crippen molar-refractivity contribution in [2.24, 2.45) is 0 Å². The maximum Gasteiger partial charge on any atom is 0.136 e. The van der Waals surface area contributed by atoms with E-state index in [-0.39, 0.29) is 0 Å². The van der Waals surface area contributed by atoms with E-state index in [1.807, 2.05) is 12.1 Å².